The number of carbonyl (C=O) groups is 1. The quantitative estimate of drug-likeness (QED) is 0.504. The molecule has 0 radical (unpaired) electrons. The number of nitrogens with zero attached hydrogens (tertiary/aromatic N) is 1. The van der Waals surface area contributed by atoms with Crippen molar-refractivity contribution in [3.63, 3.8) is 0 Å². The van der Waals surface area contributed by atoms with Crippen LogP contribution in [0.4, 0.5) is 0 Å². The Balaban J connectivity index is 2.06. The molecule has 0 saturated heterocycles. The van der Waals surface area contributed by atoms with Crippen LogP contribution in [0.2, 0.25) is 0 Å². The molecule has 0 saturated carbocycles. The van der Waals surface area contributed by atoms with Gasteiger partial charge in [0.2, 0.25) is 0 Å². The lowest BCUT2D eigenvalue weighted by molar-refractivity contribution is -0.166. The zero-order valence-electron chi connectivity index (χ0n) is 14.7. The summed E-state index contributed by atoms with van der Waals surface area (Å²) in [7, 11) is 0. The molecule has 2 N–H and O–H groups in total. The van der Waals surface area contributed by atoms with Crippen molar-refractivity contribution in [2.24, 2.45) is 0 Å². The molecule has 2 unspecified atom stereocenters. The Morgan fingerprint density at radius 1 is 1.00 bits per heavy atom. The third kappa shape index (κ3) is 6.42. The molecule has 4 nitrogen and oxygen atoms in total. The number of hydrogen-bond donors (Lipinski definition) is 2. The first-order chi connectivity index (χ1) is 12.1. The lowest BCUT2D eigenvalue weighted by Gasteiger charge is -2.30. The van der Waals surface area contributed by atoms with E-state index < -0.39 is 12.1 Å². The van der Waals surface area contributed by atoms with Crippen molar-refractivity contribution < 1.29 is 15.1 Å². The van der Waals surface area contributed by atoms with Crippen LogP contribution in [0, 0.1) is 0 Å². The van der Waals surface area contributed by atoms with Crippen molar-refractivity contribution in [3.8, 4) is 0 Å². The van der Waals surface area contributed by atoms with E-state index in [9.17, 15) is 15.1 Å². The van der Waals surface area contributed by atoms with Crippen molar-refractivity contribution in [1.82, 2.24) is 5.06 Å². The molecular formula is C21H27NO3. The average molecular weight is 341 g/mol. The highest BCUT2D eigenvalue weighted by molar-refractivity contribution is 5.75. The Morgan fingerprint density at radius 2 is 1.60 bits per heavy atom. The third-order valence-corrected chi connectivity index (χ3v) is 4.29. The molecule has 0 fully saturated rings. The first-order valence-electron chi connectivity index (χ1n) is 8.80. The molecular weight excluding hydrogens is 314 g/mol. The fraction of sp³-hybridized carbons (Fsp3) is 0.381. The average Bonchev–Trinajstić information content (AvgIpc) is 2.60. The number of aliphatic hydroxyl groups is 1. The Morgan fingerprint density at radius 3 is 2.20 bits per heavy atom. The SMILES string of the molecule is CC(=O)CCCCC(O)C(c1ccccc1)N(O)Cc1ccccc1. The Bertz CT molecular complexity index is 630. The van der Waals surface area contributed by atoms with Crippen LogP contribution < -0.4 is 0 Å². The molecule has 0 spiro atoms. The van der Waals surface area contributed by atoms with E-state index in [4.69, 9.17) is 0 Å². The largest absolute Gasteiger partial charge is 0.391 e. The van der Waals surface area contributed by atoms with Gasteiger partial charge in [-0.3, -0.25) is 0 Å². The first-order valence-corrected chi connectivity index (χ1v) is 8.80. The summed E-state index contributed by atoms with van der Waals surface area (Å²) in [4.78, 5) is 11.0. The van der Waals surface area contributed by atoms with Crippen LogP contribution in [0.5, 0.6) is 0 Å². The predicted molar refractivity (Wildman–Crippen MR) is 98.1 cm³/mol. The molecule has 0 amide bonds. The number of unbranched alkanes of at least 4 members (excludes halogenated alkanes) is 1. The summed E-state index contributed by atoms with van der Waals surface area (Å²) in [6.07, 6.45) is 1.89. The summed E-state index contributed by atoms with van der Waals surface area (Å²) in [6, 6.07) is 18.7. The molecule has 0 bridgehead atoms. The van der Waals surface area contributed by atoms with Crippen LogP contribution in [0.15, 0.2) is 60.7 Å². The smallest absolute Gasteiger partial charge is 0.129 e. The summed E-state index contributed by atoms with van der Waals surface area (Å²) in [6.45, 7) is 1.92. The van der Waals surface area contributed by atoms with Crippen molar-refractivity contribution >= 4 is 5.78 Å². The van der Waals surface area contributed by atoms with E-state index in [1.54, 1.807) is 6.92 Å². The normalized spacial score (nSPS) is 13.6. The van der Waals surface area contributed by atoms with E-state index in [1.165, 1.54) is 5.06 Å². The molecule has 2 rings (SSSR count). The fourth-order valence-corrected chi connectivity index (χ4v) is 3.00. The number of aliphatic hydroxyl groups excluding tert-OH is 1. The molecule has 2 aromatic carbocycles. The molecule has 0 heterocycles. The van der Waals surface area contributed by atoms with Gasteiger partial charge in [-0.25, -0.2) is 0 Å². The van der Waals surface area contributed by atoms with Gasteiger partial charge in [0.25, 0.3) is 0 Å². The highest BCUT2D eigenvalue weighted by atomic mass is 16.5. The molecule has 4 heteroatoms. The van der Waals surface area contributed by atoms with Gasteiger partial charge in [-0.05, 0) is 30.9 Å². The summed E-state index contributed by atoms with van der Waals surface area (Å²) in [5.74, 6) is 0.168. The third-order valence-electron chi connectivity index (χ3n) is 4.29. The number of Topliss-reactive ketones (excluding diaryl/α,β-unsaturated/α-hetero) is 1. The van der Waals surface area contributed by atoms with E-state index in [2.05, 4.69) is 0 Å². The zero-order chi connectivity index (χ0) is 18.1. The number of ketones is 1. The summed E-state index contributed by atoms with van der Waals surface area (Å²) in [5.41, 5.74) is 1.86. The highest BCUT2D eigenvalue weighted by Crippen LogP contribution is 2.27. The van der Waals surface area contributed by atoms with Crippen molar-refractivity contribution in [2.75, 3.05) is 0 Å². The number of benzene rings is 2. The van der Waals surface area contributed by atoms with Crippen LogP contribution in [0.1, 0.15) is 49.8 Å². The number of rotatable bonds is 10. The maximum absolute atomic E-state index is 11.0. The fourth-order valence-electron chi connectivity index (χ4n) is 3.00. The van der Waals surface area contributed by atoms with E-state index in [-0.39, 0.29) is 5.78 Å². The van der Waals surface area contributed by atoms with Crippen LogP contribution in [-0.2, 0) is 11.3 Å². The number of hydroxylamine groups is 2. The molecule has 0 aromatic heterocycles. The van der Waals surface area contributed by atoms with Gasteiger partial charge in [0.1, 0.15) is 5.78 Å². The Labute approximate surface area is 149 Å². The van der Waals surface area contributed by atoms with E-state index in [0.717, 1.165) is 24.0 Å². The molecule has 2 atom stereocenters. The van der Waals surface area contributed by atoms with Gasteiger partial charge >= 0.3 is 0 Å². The van der Waals surface area contributed by atoms with Gasteiger partial charge in [-0.1, -0.05) is 67.1 Å². The maximum atomic E-state index is 11.0. The van der Waals surface area contributed by atoms with Crippen molar-refractivity contribution in [2.45, 2.75) is 51.3 Å². The minimum absolute atomic E-state index is 0.168. The van der Waals surface area contributed by atoms with Gasteiger partial charge < -0.3 is 15.1 Å². The monoisotopic (exact) mass is 341 g/mol. The van der Waals surface area contributed by atoms with E-state index in [0.29, 0.717) is 19.4 Å². The number of hydrogen-bond acceptors (Lipinski definition) is 4. The van der Waals surface area contributed by atoms with Gasteiger partial charge in [0.15, 0.2) is 0 Å². The summed E-state index contributed by atoms with van der Waals surface area (Å²) >= 11 is 0. The molecule has 0 aliphatic carbocycles. The lowest BCUT2D eigenvalue weighted by Crippen LogP contribution is -2.34. The van der Waals surface area contributed by atoms with Gasteiger partial charge in [0, 0.05) is 13.0 Å². The minimum Gasteiger partial charge on any atom is -0.391 e. The molecule has 0 aliphatic heterocycles. The lowest BCUT2D eigenvalue weighted by atomic mass is 9.96. The van der Waals surface area contributed by atoms with Gasteiger partial charge in [0.05, 0.1) is 12.1 Å². The van der Waals surface area contributed by atoms with Crippen LogP contribution in [0.25, 0.3) is 0 Å². The highest BCUT2D eigenvalue weighted by Gasteiger charge is 2.26. The Hall–Kier alpha value is -2.01. The zero-order valence-corrected chi connectivity index (χ0v) is 14.7. The molecule has 0 aliphatic rings. The Kier molecular flexibility index (Phi) is 7.79. The molecule has 2 aromatic rings. The first kappa shape index (κ1) is 19.3. The maximum Gasteiger partial charge on any atom is 0.129 e. The van der Waals surface area contributed by atoms with E-state index >= 15 is 0 Å². The second-order valence-corrected chi connectivity index (χ2v) is 6.45. The second-order valence-electron chi connectivity index (χ2n) is 6.45. The van der Waals surface area contributed by atoms with Gasteiger partial charge in [-0.2, -0.15) is 5.06 Å². The predicted octanol–water partition coefficient (Wildman–Crippen LogP) is 4.13. The van der Waals surface area contributed by atoms with Crippen molar-refractivity contribution in [3.05, 3.63) is 71.8 Å². The van der Waals surface area contributed by atoms with Crippen LogP contribution in [0.3, 0.4) is 0 Å². The molecule has 25 heavy (non-hydrogen) atoms. The topological polar surface area (TPSA) is 60.8 Å². The summed E-state index contributed by atoms with van der Waals surface area (Å²) in [5, 5.41) is 22.5. The van der Waals surface area contributed by atoms with Crippen LogP contribution >= 0.6 is 0 Å². The molecule has 134 valence electrons. The van der Waals surface area contributed by atoms with Gasteiger partial charge in [-0.15, -0.1) is 0 Å². The second kappa shape index (κ2) is 10.1. The standard InChI is InChI=1S/C21H27NO3/c1-17(23)10-8-9-15-20(24)21(19-13-6-3-7-14-19)22(25)16-18-11-4-2-5-12-18/h2-7,11-14,20-21,24-25H,8-10,15-16H2,1H3. The minimum atomic E-state index is -0.705. The number of carbonyl (C=O) groups excluding carboxylic acids is 1. The van der Waals surface area contributed by atoms with Crippen LogP contribution in [-0.4, -0.2) is 27.3 Å². The van der Waals surface area contributed by atoms with Crippen molar-refractivity contribution in [1.29, 1.82) is 0 Å². The summed E-state index contributed by atoms with van der Waals surface area (Å²) < 4.78 is 0. The van der Waals surface area contributed by atoms with E-state index in [1.807, 2.05) is 60.7 Å².